The summed E-state index contributed by atoms with van der Waals surface area (Å²) in [4.78, 5) is 3.50. The van der Waals surface area contributed by atoms with Crippen molar-refractivity contribution in [2.75, 3.05) is 35.5 Å². The number of fused-ring (bicyclic) bond motifs is 5. The lowest BCUT2D eigenvalue weighted by atomic mass is 9.79. The van der Waals surface area contributed by atoms with E-state index in [1.165, 1.54) is 134 Å². The Morgan fingerprint density at radius 2 is 0.729 bits per heavy atom. The molecule has 3 heterocycles. The average Bonchev–Trinajstić information content (AvgIpc) is 0.877. The predicted molar refractivity (Wildman–Crippen MR) is 519 cm³/mol. The molecular weight excluding hydrogens is 1530 g/mol. The van der Waals surface area contributed by atoms with E-state index >= 15 is 0 Å². The number of hydrogen-bond donors (Lipinski definition) is 6. The Hall–Kier alpha value is -7.55. The molecule has 0 fully saturated rings. The lowest BCUT2D eigenvalue weighted by Crippen LogP contribution is -2.38. The highest BCUT2D eigenvalue weighted by molar-refractivity contribution is 7.17. The van der Waals surface area contributed by atoms with E-state index in [1.807, 2.05) is 77.1 Å². The Morgan fingerprint density at radius 1 is 0.364 bits per heavy atom. The van der Waals surface area contributed by atoms with Gasteiger partial charge in [-0.05, 0) is 202 Å². The van der Waals surface area contributed by atoms with Gasteiger partial charge in [-0.15, -0.1) is 11.3 Å². The highest BCUT2D eigenvalue weighted by Gasteiger charge is 2.50. The second kappa shape index (κ2) is 66.2. The minimum atomic E-state index is -4.19. The molecule has 5 unspecified atom stereocenters. The third kappa shape index (κ3) is 39.8. The number of benzene rings is 9. The Bertz CT molecular complexity index is 4130. The standard InChI is InChI=1S/C16H17N.C12H14O.C12H14S.C11H13F3.3C11H16.C10H12Cl2.3C2H6.5CH4O/c1-3-11(2)12-8-6-10-15-16(12)13-7-4-5-9-14(13)17-15;1-3-9(2)11-5-4-10-6-7-13-12(10)8-11;1-3-9(2)10-4-5-12-11(8-10)6-7-13-12;1-3-10(2,11(12,13)14)9-7-5-4-6-8-9;3*1-4-11(2,3)10-8-6-5-7-9-10;1-3-7(2)8-4-5-9(11)10(12)6-8;8*1-2/h4-11,17H,3H2,1-2H3;2*4-9H,3H2,1-2H3;4-8H,3H2,1-2H3;3*5-9H,4H2,1-3H3;4-7H,3H2,1-2H3;3*1-2H3;5*2H,1H3. The van der Waals surface area contributed by atoms with E-state index in [1.54, 1.807) is 31.4 Å². The van der Waals surface area contributed by atoms with E-state index in [-0.39, 0.29) is 6.42 Å². The number of alkyl halides is 3. The van der Waals surface area contributed by atoms with Gasteiger partial charge in [0.05, 0.1) is 21.7 Å². The minimum absolute atomic E-state index is 0.0561. The molecule has 0 aliphatic heterocycles. The van der Waals surface area contributed by atoms with Gasteiger partial charge in [-0.1, -0.05) is 371 Å². The molecule has 5 atom stereocenters. The van der Waals surface area contributed by atoms with Gasteiger partial charge in [0, 0.05) is 67.4 Å². The zero-order chi connectivity index (χ0) is 91.3. The van der Waals surface area contributed by atoms with Gasteiger partial charge >= 0.3 is 6.18 Å². The molecule has 0 spiro atoms. The van der Waals surface area contributed by atoms with E-state index in [0.717, 1.165) is 47.6 Å². The van der Waals surface area contributed by atoms with Crippen LogP contribution in [0.2, 0.25) is 10.0 Å². The summed E-state index contributed by atoms with van der Waals surface area (Å²) in [6, 6.07) is 78.5. The summed E-state index contributed by atoms with van der Waals surface area (Å²) in [5, 5.41) is 43.8. The Labute approximate surface area is 729 Å². The fourth-order valence-corrected chi connectivity index (χ4v) is 12.4. The molecule has 0 aliphatic carbocycles. The van der Waals surface area contributed by atoms with Crippen LogP contribution in [0.25, 0.3) is 42.9 Å². The van der Waals surface area contributed by atoms with Gasteiger partial charge in [0.25, 0.3) is 0 Å². The van der Waals surface area contributed by atoms with Gasteiger partial charge in [-0.25, -0.2) is 0 Å². The van der Waals surface area contributed by atoms with Gasteiger partial charge < -0.3 is 34.9 Å². The number of aliphatic hydroxyl groups excluding tert-OH is 5. The smallest absolute Gasteiger partial charge is 0.398 e. The summed E-state index contributed by atoms with van der Waals surface area (Å²) in [6.45, 7) is 53.0. The number of aromatic amines is 1. The Morgan fingerprint density at radius 3 is 1.12 bits per heavy atom. The molecule has 3 aromatic heterocycles. The van der Waals surface area contributed by atoms with Gasteiger partial charge in [0.2, 0.25) is 0 Å². The molecule has 12 aromatic rings. The molecule has 7 nitrogen and oxygen atoms in total. The topological polar surface area (TPSA) is 130 Å². The van der Waals surface area contributed by atoms with Crippen LogP contribution in [0.15, 0.2) is 247 Å². The van der Waals surface area contributed by atoms with Crippen LogP contribution in [0.1, 0.15) is 293 Å². The van der Waals surface area contributed by atoms with Crippen LogP contribution in [-0.2, 0) is 21.7 Å². The van der Waals surface area contributed by atoms with Crippen LogP contribution in [0.3, 0.4) is 0 Å². The van der Waals surface area contributed by atoms with Crippen LogP contribution < -0.4 is 0 Å². The van der Waals surface area contributed by atoms with E-state index in [2.05, 4.69) is 304 Å². The van der Waals surface area contributed by atoms with Crippen LogP contribution in [-0.4, -0.2) is 72.2 Å². The first kappa shape index (κ1) is 117. The van der Waals surface area contributed by atoms with Gasteiger partial charge in [0.15, 0.2) is 0 Å². The molecule has 13 heteroatoms. The maximum Gasteiger partial charge on any atom is 0.398 e. The fraction of sp³-hybridized carbons (Fsp3) is 0.448. The normalized spacial score (nSPS) is 11.8. The number of H-pyrrole nitrogens is 1. The summed E-state index contributed by atoms with van der Waals surface area (Å²) in [7, 11) is 5.00. The van der Waals surface area contributed by atoms with Gasteiger partial charge in [-0.2, -0.15) is 13.2 Å². The molecule has 6 N–H and O–H groups in total. The lowest BCUT2D eigenvalue weighted by Gasteiger charge is -2.31. The van der Waals surface area contributed by atoms with Crippen LogP contribution >= 0.6 is 34.5 Å². The van der Waals surface area contributed by atoms with Crippen molar-refractivity contribution in [3.05, 3.63) is 297 Å². The van der Waals surface area contributed by atoms with E-state index in [9.17, 15) is 13.2 Å². The number of hydrogen-bond acceptors (Lipinski definition) is 7. The van der Waals surface area contributed by atoms with Crippen molar-refractivity contribution in [1.82, 2.24) is 4.98 Å². The van der Waals surface area contributed by atoms with Crippen molar-refractivity contribution >= 4 is 77.4 Å². The summed E-state index contributed by atoms with van der Waals surface area (Å²) >= 11 is 13.5. The molecule has 0 radical (unpaired) electrons. The number of aromatic nitrogens is 1. The molecule has 118 heavy (non-hydrogen) atoms. The summed E-state index contributed by atoms with van der Waals surface area (Å²) < 4.78 is 45.1. The number of aliphatic hydroxyl groups is 5. The van der Waals surface area contributed by atoms with Crippen LogP contribution in [0.5, 0.6) is 0 Å². The third-order valence-corrected chi connectivity index (χ3v) is 22.8. The maximum atomic E-state index is 12.8. The van der Waals surface area contributed by atoms with E-state index < -0.39 is 11.6 Å². The molecule has 0 saturated carbocycles. The van der Waals surface area contributed by atoms with Gasteiger partial charge in [0.1, 0.15) is 5.58 Å². The average molecular weight is 1690 g/mol. The highest BCUT2D eigenvalue weighted by Crippen LogP contribution is 2.43. The third-order valence-electron chi connectivity index (χ3n) is 21.2. The fourth-order valence-electron chi connectivity index (χ4n) is 11.3. The van der Waals surface area contributed by atoms with Crippen molar-refractivity contribution in [2.45, 2.75) is 276 Å². The summed E-state index contributed by atoms with van der Waals surface area (Å²) in [5.41, 5.74) is 12.9. The molecule has 0 aliphatic rings. The predicted octanol–water partition coefficient (Wildman–Crippen LogP) is 32.9. The zero-order valence-corrected chi connectivity index (χ0v) is 80.3. The number of nitrogens with one attached hydrogen (secondary N) is 1. The molecule has 0 saturated heterocycles. The van der Waals surface area contributed by atoms with Crippen molar-refractivity contribution in [3.8, 4) is 0 Å². The highest BCUT2D eigenvalue weighted by atomic mass is 35.5. The molecule has 9 aromatic carbocycles. The minimum Gasteiger partial charge on any atom is -0.464 e. The number of furan rings is 1. The molecule has 0 bridgehead atoms. The molecule has 12 rings (SSSR count). The van der Waals surface area contributed by atoms with E-state index in [4.69, 9.17) is 53.2 Å². The second-order valence-corrected chi connectivity index (χ2v) is 30.9. The Kier molecular flexibility index (Phi) is 65.5. The van der Waals surface area contributed by atoms with Gasteiger partial charge in [-0.3, -0.25) is 0 Å². The molecular formula is C105H156Cl2F3NO6S. The van der Waals surface area contributed by atoms with Crippen molar-refractivity contribution in [2.24, 2.45) is 0 Å². The zero-order valence-electron chi connectivity index (χ0n) is 78.0. The van der Waals surface area contributed by atoms with Crippen molar-refractivity contribution in [3.63, 3.8) is 0 Å². The lowest BCUT2D eigenvalue weighted by molar-refractivity contribution is -0.186. The second-order valence-electron chi connectivity index (χ2n) is 29.1. The monoisotopic (exact) mass is 1690 g/mol. The molecule has 0 amide bonds. The van der Waals surface area contributed by atoms with Crippen molar-refractivity contribution in [1.29, 1.82) is 0 Å². The number of thiophene rings is 1. The van der Waals surface area contributed by atoms with Crippen LogP contribution in [0, 0.1) is 0 Å². The van der Waals surface area contributed by atoms with Crippen LogP contribution in [0.4, 0.5) is 13.2 Å². The summed E-state index contributed by atoms with van der Waals surface area (Å²) in [5.74, 6) is 2.47. The SMILES string of the molecule is CC.CC.CC.CCC(C)(C)c1ccccc1.CCC(C)(C)c1ccccc1.CCC(C)(C)c1ccccc1.CCC(C)(c1ccccc1)C(F)(F)F.CCC(C)c1ccc(Cl)c(Cl)c1.CCC(C)c1ccc2ccoc2c1.CCC(C)c1ccc2sccc2c1.CCC(C)c1cccc2[nH]c3ccccc3c12.CO.CO.CO.CO.CO. The Balaban J connectivity index is -0.000000616. The van der Waals surface area contributed by atoms with Crippen molar-refractivity contribution < 1.29 is 43.1 Å². The summed E-state index contributed by atoms with van der Waals surface area (Å²) in [6.07, 6.45) is 5.87. The maximum absolute atomic E-state index is 12.8. The molecule has 658 valence electrons. The first-order chi connectivity index (χ1) is 56.5. The quantitative estimate of drug-likeness (QED) is 0.0572. The number of halogens is 5. The first-order valence-electron chi connectivity index (χ1n) is 42.4. The number of para-hydroxylation sites is 1. The largest absolute Gasteiger partial charge is 0.464 e. The first-order valence-corrected chi connectivity index (χ1v) is 44.0. The number of rotatable bonds is 16. The van der Waals surface area contributed by atoms with E-state index in [0.29, 0.717) is 55.5 Å².